The van der Waals surface area contributed by atoms with Crippen LogP contribution in [0.3, 0.4) is 0 Å². The molecule has 3 heterocycles. The lowest BCUT2D eigenvalue weighted by atomic mass is 9.86. The van der Waals surface area contributed by atoms with E-state index in [9.17, 15) is 9.59 Å². The number of ether oxygens (including phenoxy) is 1. The molecule has 0 radical (unpaired) electrons. The van der Waals surface area contributed by atoms with Crippen molar-refractivity contribution in [1.82, 2.24) is 20.0 Å². The average molecular weight is 375 g/mol. The first-order chi connectivity index (χ1) is 13.0. The summed E-state index contributed by atoms with van der Waals surface area (Å²) in [5, 5.41) is 10.5. The van der Waals surface area contributed by atoms with Crippen molar-refractivity contribution in [2.45, 2.75) is 18.4 Å². The normalized spacial score (nSPS) is 16.1. The fourth-order valence-electron chi connectivity index (χ4n) is 3.22. The Labute approximate surface area is 157 Å². The highest BCUT2D eigenvalue weighted by Gasteiger charge is 2.43. The SMILES string of the molecule is COCCNC(=O)C1(Nc2ccn(C)n2)CCN(C(=O)c2ccco2)CC1. The van der Waals surface area contributed by atoms with Gasteiger partial charge in [0.2, 0.25) is 5.91 Å². The van der Waals surface area contributed by atoms with Crippen LogP contribution in [0.4, 0.5) is 5.82 Å². The first kappa shape index (κ1) is 19.0. The Bertz CT molecular complexity index is 763. The van der Waals surface area contributed by atoms with Crippen LogP contribution in [0, 0.1) is 0 Å². The Kier molecular flexibility index (Phi) is 5.80. The van der Waals surface area contributed by atoms with Crippen LogP contribution < -0.4 is 10.6 Å². The third kappa shape index (κ3) is 4.30. The van der Waals surface area contributed by atoms with Crippen molar-refractivity contribution in [3.05, 3.63) is 36.4 Å². The third-order valence-corrected chi connectivity index (χ3v) is 4.74. The standard InChI is InChI=1S/C18H25N5O4/c1-22-9-5-15(21-22)20-18(17(25)19-8-13-26-2)6-10-23(11-7-18)16(24)14-4-3-12-27-14/h3-5,9,12H,6-8,10-11,13H2,1-2H3,(H,19,25)(H,20,21). The quantitative estimate of drug-likeness (QED) is 0.696. The molecule has 2 aromatic heterocycles. The number of hydrogen-bond acceptors (Lipinski definition) is 6. The van der Waals surface area contributed by atoms with E-state index >= 15 is 0 Å². The predicted molar refractivity (Wildman–Crippen MR) is 98.3 cm³/mol. The van der Waals surface area contributed by atoms with E-state index in [1.165, 1.54) is 6.26 Å². The highest BCUT2D eigenvalue weighted by molar-refractivity contribution is 5.93. The van der Waals surface area contributed by atoms with Gasteiger partial charge in [-0.1, -0.05) is 0 Å². The number of carbonyl (C=O) groups excluding carboxylic acids is 2. The second-order valence-electron chi connectivity index (χ2n) is 6.60. The summed E-state index contributed by atoms with van der Waals surface area (Å²) in [6.45, 7) is 1.75. The van der Waals surface area contributed by atoms with Gasteiger partial charge >= 0.3 is 0 Å². The van der Waals surface area contributed by atoms with Crippen molar-refractivity contribution < 1.29 is 18.7 Å². The van der Waals surface area contributed by atoms with Gasteiger partial charge in [0.15, 0.2) is 5.76 Å². The lowest BCUT2D eigenvalue weighted by molar-refractivity contribution is -0.127. The molecule has 0 spiro atoms. The zero-order valence-corrected chi connectivity index (χ0v) is 15.6. The van der Waals surface area contributed by atoms with Gasteiger partial charge in [-0.05, 0) is 25.0 Å². The molecule has 9 nitrogen and oxygen atoms in total. The molecular weight excluding hydrogens is 350 g/mol. The van der Waals surface area contributed by atoms with Gasteiger partial charge in [0.25, 0.3) is 5.91 Å². The van der Waals surface area contributed by atoms with Crippen molar-refractivity contribution in [3.63, 3.8) is 0 Å². The van der Waals surface area contributed by atoms with E-state index in [0.717, 1.165) is 0 Å². The first-order valence-electron chi connectivity index (χ1n) is 8.92. The monoisotopic (exact) mass is 375 g/mol. The van der Waals surface area contributed by atoms with Crippen LogP contribution in [0.1, 0.15) is 23.4 Å². The number of nitrogens with zero attached hydrogens (tertiary/aromatic N) is 3. The molecule has 146 valence electrons. The lowest BCUT2D eigenvalue weighted by Gasteiger charge is -2.41. The number of aromatic nitrogens is 2. The summed E-state index contributed by atoms with van der Waals surface area (Å²) in [6.07, 6.45) is 4.23. The molecule has 1 aliphatic heterocycles. The fraction of sp³-hybridized carbons (Fsp3) is 0.500. The number of amides is 2. The van der Waals surface area contributed by atoms with Gasteiger partial charge < -0.3 is 24.7 Å². The Hall–Kier alpha value is -2.81. The molecule has 9 heteroatoms. The molecule has 0 bridgehead atoms. The molecule has 3 rings (SSSR count). The maximum atomic E-state index is 12.9. The maximum Gasteiger partial charge on any atom is 0.289 e. The van der Waals surface area contributed by atoms with E-state index in [1.807, 2.05) is 19.3 Å². The van der Waals surface area contributed by atoms with Gasteiger partial charge in [-0.15, -0.1) is 0 Å². The van der Waals surface area contributed by atoms with Gasteiger partial charge in [-0.2, -0.15) is 5.10 Å². The highest BCUT2D eigenvalue weighted by atomic mass is 16.5. The Balaban J connectivity index is 1.71. The number of carbonyl (C=O) groups is 2. The van der Waals surface area contributed by atoms with Crippen LogP contribution in [-0.2, 0) is 16.6 Å². The Morgan fingerprint density at radius 2 is 2.11 bits per heavy atom. The minimum absolute atomic E-state index is 0.115. The smallest absolute Gasteiger partial charge is 0.289 e. The van der Waals surface area contributed by atoms with Crippen molar-refractivity contribution in [1.29, 1.82) is 0 Å². The van der Waals surface area contributed by atoms with Crippen molar-refractivity contribution in [3.8, 4) is 0 Å². The third-order valence-electron chi connectivity index (χ3n) is 4.74. The second kappa shape index (κ2) is 8.26. The molecule has 0 atom stereocenters. The van der Waals surface area contributed by atoms with Crippen LogP contribution in [0.5, 0.6) is 0 Å². The Morgan fingerprint density at radius 1 is 1.33 bits per heavy atom. The lowest BCUT2D eigenvalue weighted by Crippen LogP contribution is -2.59. The van der Waals surface area contributed by atoms with Crippen molar-refractivity contribution >= 4 is 17.6 Å². The molecule has 2 amide bonds. The number of aryl methyl sites for hydroxylation is 1. The molecule has 2 N–H and O–H groups in total. The highest BCUT2D eigenvalue weighted by Crippen LogP contribution is 2.28. The first-order valence-corrected chi connectivity index (χ1v) is 8.92. The van der Waals surface area contributed by atoms with Gasteiger partial charge in [-0.3, -0.25) is 14.3 Å². The summed E-state index contributed by atoms with van der Waals surface area (Å²) in [7, 11) is 3.41. The zero-order valence-electron chi connectivity index (χ0n) is 15.6. The number of anilines is 1. The van der Waals surface area contributed by atoms with Crippen LogP contribution in [0.15, 0.2) is 35.1 Å². The summed E-state index contributed by atoms with van der Waals surface area (Å²) in [5.74, 6) is 0.663. The van der Waals surface area contributed by atoms with E-state index in [-0.39, 0.29) is 11.8 Å². The predicted octanol–water partition coefficient (Wildman–Crippen LogP) is 0.863. The molecule has 1 fully saturated rings. The molecule has 27 heavy (non-hydrogen) atoms. The van der Waals surface area contributed by atoms with Gasteiger partial charge in [0, 0.05) is 46.1 Å². The van der Waals surface area contributed by atoms with Gasteiger partial charge in [0.05, 0.1) is 12.9 Å². The number of furan rings is 1. The molecule has 0 aromatic carbocycles. The van der Waals surface area contributed by atoms with Crippen LogP contribution >= 0.6 is 0 Å². The zero-order chi connectivity index (χ0) is 19.3. The molecule has 0 aliphatic carbocycles. The molecule has 2 aromatic rings. The molecule has 1 saturated heterocycles. The average Bonchev–Trinajstić information content (AvgIpc) is 3.34. The van der Waals surface area contributed by atoms with E-state index in [4.69, 9.17) is 9.15 Å². The minimum Gasteiger partial charge on any atom is -0.459 e. The topological polar surface area (TPSA) is 102 Å². The largest absolute Gasteiger partial charge is 0.459 e. The number of likely N-dealkylation sites (tertiary alicyclic amines) is 1. The molecular formula is C18H25N5O4. The fourth-order valence-corrected chi connectivity index (χ4v) is 3.22. The number of hydrogen-bond donors (Lipinski definition) is 2. The molecule has 0 unspecified atom stereocenters. The van der Waals surface area contributed by atoms with Crippen LogP contribution in [-0.4, -0.2) is 65.4 Å². The van der Waals surface area contributed by atoms with E-state index in [1.54, 1.807) is 28.8 Å². The van der Waals surface area contributed by atoms with Crippen molar-refractivity contribution in [2.24, 2.45) is 7.05 Å². The van der Waals surface area contributed by atoms with E-state index in [2.05, 4.69) is 15.7 Å². The number of rotatable bonds is 7. The van der Waals surface area contributed by atoms with Gasteiger partial charge in [-0.25, -0.2) is 0 Å². The summed E-state index contributed by atoms with van der Waals surface area (Å²) >= 11 is 0. The molecule has 1 aliphatic rings. The summed E-state index contributed by atoms with van der Waals surface area (Å²) in [5.41, 5.74) is -0.831. The van der Waals surface area contributed by atoms with Crippen LogP contribution in [0.2, 0.25) is 0 Å². The Morgan fingerprint density at radius 3 is 2.70 bits per heavy atom. The summed E-state index contributed by atoms with van der Waals surface area (Å²) in [4.78, 5) is 27.1. The van der Waals surface area contributed by atoms with E-state index < -0.39 is 5.54 Å². The number of piperidine rings is 1. The number of methoxy groups -OCH3 is 1. The second-order valence-corrected chi connectivity index (χ2v) is 6.60. The van der Waals surface area contributed by atoms with E-state index in [0.29, 0.717) is 50.7 Å². The van der Waals surface area contributed by atoms with Crippen LogP contribution in [0.25, 0.3) is 0 Å². The van der Waals surface area contributed by atoms with Crippen molar-refractivity contribution in [2.75, 3.05) is 38.7 Å². The summed E-state index contributed by atoms with van der Waals surface area (Å²) in [6, 6.07) is 5.16. The van der Waals surface area contributed by atoms with Gasteiger partial charge in [0.1, 0.15) is 11.4 Å². The molecule has 0 saturated carbocycles. The minimum atomic E-state index is -0.831. The number of nitrogens with one attached hydrogen (secondary N) is 2. The summed E-state index contributed by atoms with van der Waals surface area (Å²) < 4.78 is 11.9. The maximum absolute atomic E-state index is 12.9.